The van der Waals surface area contributed by atoms with Crippen molar-refractivity contribution in [1.82, 2.24) is 5.32 Å². The molecule has 0 radical (unpaired) electrons. The summed E-state index contributed by atoms with van der Waals surface area (Å²) in [6.45, 7) is 4.87. The van der Waals surface area contributed by atoms with Crippen LogP contribution in [-0.4, -0.2) is 91.3 Å². The number of hydrogen-bond donors (Lipinski definition) is 1. The Morgan fingerprint density at radius 3 is 1.95 bits per heavy atom. The smallest absolute Gasteiger partial charge is 0.346 e. The van der Waals surface area contributed by atoms with Crippen LogP contribution in [0.2, 0.25) is 0 Å². The van der Waals surface area contributed by atoms with Crippen LogP contribution in [0.1, 0.15) is 73.1 Å². The molecule has 0 aromatic rings. The molecule has 1 aliphatic heterocycles. The van der Waals surface area contributed by atoms with E-state index in [1.807, 2.05) is 0 Å². The monoisotopic (exact) mass is 585 g/mol. The normalized spacial score (nSPS) is 26.0. The Balaban J connectivity index is 2.78. The average Bonchev–Trinajstić information content (AvgIpc) is 2.89. The molecule has 2 rings (SSSR count). The average molecular weight is 586 g/mol. The molecule has 1 heterocycles. The number of methoxy groups -OCH3 is 1. The van der Waals surface area contributed by atoms with E-state index in [2.05, 4.69) is 5.32 Å². The van der Waals surface area contributed by atoms with Gasteiger partial charge >= 0.3 is 29.8 Å². The van der Waals surface area contributed by atoms with E-state index in [0.29, 0.717) is 12.8 Å². The Labute approximate surface area is 238 Å². The van der Waals surface area contributed by atoms with Crippen molar-refractivity contribution in [1.29, 1.82) is 0 Å². The van der Waals surface area contributed by atoms with Gasteiger partial charge in [-0.05, 0) is 12.8 Å². The van der Waals surface area contributed by atoms with Gasteiger partial charge in [0.1, 0.15) is 18.8 Å². The second kappa shape index (κ2) is 14.9. The summed E-state index contributed by atoms with van der Waals surface area (Å²) in [5, 5.41) is 2.58. The molecule has 230 valence electrons. The number of ether oxygens (including phenoxy) is 6. The Kier molecular flexibility index (Phi) is 12.2. The van der Waals surface area contributed by atoms with Crippen LogP contribution in [0.25, 0.3) is 0 Å². The second-order valence-electron chi connectivity index (χ2n) is 10.2. The second-order valence-corrected chi connectivity index (χ2v) is 10.2. The van der Waals surface area contributed by atoms with Crippen molar-refractivity contribution >= 4 is 41.5 Å². The molecule has 0 bridgehead atoms. The summed E-state index contributed by atoms with van der Waals surface area (Å²) in [6, 6.07) is -1.31. The van der Waals surface area contributed by atoms with E-state index in [-0.39, 0.29) is 0 Å². The van der Waals surface area contributed by atoms with Crippen LogP contribution in [0, 0.1) is 5.92 Å². The zero-order valence-corrected chi connectivity index (χ0v) is 24.2. The van der Waals surface area contributed by atoms with Crippen molar-refractivity contribution in [2.75, 3.05) is 13.7 Å². The molecule has 14 heteroatoms. The Morgan fingerprint density at radius 1 is 0.854 bits per heavy atom. The highest BCUT2D eigenvalue weighted by Gasteiger charge is 2.62. The number of amides is 1. The molecule has 1 saturated carbocycles. The number of hydrogen-bond acceptors (Lipinski definition) is 13. The van der Waals surface area contributed by atoms with Crippen molar-refractivity contribution < 1.29 is 62.0 Å². The summed E-state index contributed by atoms with van der Waals surface area (Å²) in [5.74, 6) is -6.18. The van der Waals surface area contributed by atoms with Gasteiger partial charge in [0.15, 0.2) is 18.0 Å². The Bertz CT molecular complexity index is 1020. The van der Waals surface area contributed by atoms with E-state index in [1.165, 1.54) is 6.92 Å². The lowest BCUT2D eigenvalue weighted by molar-refractivity contribution is -0.239. The van der Waals surface area contributed by atoms with Crippen LogP contribution in [0.15, 0.2) is 0 Å². The van der Waals surface area contributed by atoms with Crippen molar-refractivity contribution in [3.8, 4) is 0 Å². The molecule has 6 atom stereocenters. The largest absolute Gasteiger partial charge is 0.467 e. The molecule has 1 N–H and O–H groups in total. The topological polar surface area (TPSA) is 187 Å². The fraction of sp³-hybridized carbons (Fsp3) is 0.741. The van der Waals surface area contributed by atoms with E-state index >= 15 is 0 Å². The first-order chi connectivity index (χ1) is 19.2. The van der Waals surface area contributed by atoms with Gasteiger partial charge in [-0.1, -0.05) is 19.3 Å². The Hall–Kier alpha value is -3.55. The third-order valence-electron chi connectivity index (χ3n) is 6.92. The maximum absolute atomic E-state index is 14.1. The van der Waals surface area contributed by atoms with Crippen LogP contribution in [0.4, 0.5) is 0 Å². The third-order valence-corrected chi connectivity index (χ3v) is 6.92. The minimum Gasteiger partial charge on any atom is -0.467 e. The van der Waals surface area contributed by atoms with Crippen LogP contribution in [-0.2, 0) is 62.0 Å². The molecule has 2 aliphatic rings. The molecule has 14 nitrogen and oxygen atoms in total. The summed E-state index contributed by atoms with van der Waals surface area (Å²) in [6.07, 6.45) is -3.31. The highest BCUT2D eigenvalue weighted by molar-refractivity contribution is 6.08. The number of rotatable bonds is 11. The van der Waals surface area contributed by atoms with Gasteiger partial charge in [0.25, 0.3) is 0 Å². The minimum atomic E-state index is -2.34. The van der Waals surface area contributed by atoms with Crippen molar-refractivity contribution in [2.24, 2.45) is 5.92 Å². The number of nitrogens with one attached hydrogen (secondary N) is 1. The first kappa shape index (κ1) is 33.7. The zero-order valence-electron chi connectivity index (χ0n) is 24.2. The lowest BCUT2D eigenvalue weighted by Crippen LogP contribution is -2.71. The molecule has 41 heavy (non-hydrogen) atoms. The van der Waals surface area contributed by atoms with Crippen LogP contribution < -0.4 is 5.32 Å². The summed E-state index contributed by atoms with van der Waals surface area (Å²) in [5.41, 5.74) is -2.34. The number of Topliss-reactive ketones (excluding diaryl/α,β-unsaturated/α-hetero) is 1. The summed E-state index contributed by atoms with van der Waals surface area (Å²) in [4.78, 5) is 87.9. The van der Waals surface area contributed by atoms with Gasteiger partial charge in [0, 0.05) is 47.0 Å². The van der Waals surface area contributed by atoms with Gasteiger partial charge in [-0.3, -0.25) is 28.8 Å². The first-order valence-electron chi connectivity index (χ1n) is 13.4. The minimum absolute atomic E-state index is 0.481. The predicted molar refractivity (Wildman–Crippen MR) is 137 cm³/mol. The lowest BCUT2D eigenvalue weighted by atomic mass is 9.74. The van der Waals surface area contributed by atoms with Crippen LogP contribution in [0.5, 0.6) is 0 Å². The standard InChI is InChI=1S/C27H39NO13/c1-14(29)28-22-20(38-16(3)31)12-27(26(35)36-6,25(34)19-10-8-7-9-11-19)41-24(22)23(40-18(5)33)21(39-17(4)32)13-37-15(2)30/h19-24H,7-13H2,1-6H3,(H,28,29)/t20-,21+,22+,23+,24+,27-/m0/s1. The van der Waals surface area contributed by atoms with Crippen molar-refractivity contribution in [3.05, 3.63) is 0 Å². The molecule has 1 amide bonds. The molecule has 1 saturated heterocycles. The van der Waals surface area contributed by atoms with Crippen molar-refractivity contribution in [3.63, 3.8) is 0 Å². The maximum atomic E-state index is 14.1. The van der Waals surface area contributed by atoms with Gasteiger partial charge in [-0.15, -0.1) is 0 Å². The van der Waals surface area contributed by atoms with Crippen LogP contribution in [0.3, 0.4) is 0 Å². The van der Waals surface area contributed by atoms with E-state index in [1.54, 1.807) is 0 Å². The highest BCUT2D eigenvalue weighted by atomic mass is 16.6. The third kappa shape index (κ3) is 8.97. The summed E-state index contributed by atoms with van der Waals surface area (Å²) < 4.78 is 32.6. The molecule has 1 aliphatic carbocycles. The van der Waals surface area contributed by atoms with E-state index < -0.39 is 96.5 Å². The van der Waals surface area contributed by atoms with Crippen LogP contribution >= 0.6 is 0 Å². The fourth-order valence-corrected chi connectivity index (χ4v) is 5.39. The van der Waals surface area contributed by atoms with Gasteiger partial charge < -0.3 is 33.7 Å². The molecular formula is C27H39NO13. The highest BCUT2D eigenvalue weighted by Crippen LogP contribution is 2.40. The van der Waals surface area contributed by atoms with E-state index in [0.717, 1.165) is 54.1 Å². The predicted octanol–water partition coefficient (Wildman–Crippen LogP) is 0.699. The Morgan fingerprint density at radius 2 is 1.46 bits per heavy atom. The summed E-state index contributed by atoms with van der Waals surface area (Å²) >= 11 is 0. The lowest BCUT2D eigenvalue weighted by Gasteiger charge is -2.49. The maximum Gasteiger partial charge on any atom is 0.346 e. The van der Waals surface area contributed by atoms with Gasteiger partial charge in [0.2, 0.25) is 11.5 Å². The molecule has 0 unspecified atom stereocenters. The molecule has 2 fully saturated rings. The first-order valence-corrected chi connectivity index (χ1v) is 13.4. The van der Waals surface area contributed by atoms with Gasteiger partial charge in [-0.2, -0.15) is 0 Å². The molecule has 0 aromatic heterocycles. The summed E-state index contributed by atoms with van der Waals surface area (Å²) in [7, 11) is 1.06. The zero-order chi connectivity index (χ0) is 30.9. The fourth-order valence-electron chi connectivity index (χ4n) is 5.39. The van der Waals surface area contributed by atoms with Crippen molar-refractivity contribution in [2.45, 2.75) is 109 Å². The van der Waals surface area contributed by atoms with E-state index in [9.17, 15) is 33.6 Å². The van der Waals surface area contributed by atoms with Gasteiger partial charge in [0.05, 0.1) is 13.2 Å². The molecular weight excluding hydrogens is 546 g/mol. The molecule has 0 aromatic carbocycles. The van der Waals surface area contributed by atoms with E-state index in [4.69, 9.17) is 28.4 Å². The van der Waals surface area contributed by atoms with Gasteiger partial charge in [-0.25, -0.2) is 4.79 Å². The quantitative estimate of drug-likeness (QED) is 0.203. The number of carbonyl (C=O) groups is 7. The SMILES string of the molecule is COC(=O)[C@@]1(C(=O)C2CCCCC2)C[C@H](OC(C)=O)[C@@H](NC(C)=O)[C@H]([C@H](OC(C)=O)[C@@H](COC(C)=O)OC(C)=O)O1. The number of ketones is 1. The number of carbonyl (C=O) groups excluding carboxylic acids is 7. The number of esters is 5. The molecule has 0 spiro atoms.